The quantitative estimate of drug-likeness (QED) is 0.471. The molecule has 3 rings (SSSR count). The van der Waals surface area contributed by atoms with Gasteiger partial charge in [-0.15, -0.1) is 0 Å². The Kier molecular flexibility index (Phi) is 6.60. The average molecular weight is 457 g/mol. The van der Waals surface area contributed by atoms with Crippen molar-refractivity contribution in [3.63, 3.8) is 0 Å². The summed E-state index contributed by atoms with van der Waals surface area (Å²) in [4.78, 5) is 0. The van der Waals surface area contributed by atoms with E-state index >= 15 is 0 Å². The van der Waals surface area contributed by atoms with Crippen LogP contribution in [0, 0.1) is 0 Å². The predicted molar refractivity (Wildman–Crippen MR) is 121 cm³/mol. The van der Waals surface area contributed by atoms with E-state index in [1.165, 1.54) is 10.4 Å². The van der Waals surface area contributed by atoms with Crippen LogP contribution in [0.1, 0.15) is 18.6 Å². The molecule has 1 unspecified atom stereocenters. The Bertz CT molecular complexity index is 862. The molecular formula is C23H25BrO3Si. The van der Waals surface area contributed by atoms with Gasteiger partial charge in [0.2, 0.25) is 0 Å². The molecule has 28 heavy (non-hydrogen) atoms. The molecule has 0 aliphatic rings. The molecule has 146 valence electrons. The Morgan fingerprint density at radius 2 is 1.21 bits per heavy atom. The van der Waals surface area contributed by atoms with Gasteiger partial charge in [0.25, 0.3) is 8.32 Å². The highest BCUT2D eigenvalue weighted by atomic mass is 79.9. The maximum Gasteiger partial charge on any atom is 0.253 e. The van der Waals surface area contributed by atoms with Crippen LogP contribution >= 0.6 is 15.9 Å². The molecule has 1 atom stereocenters. The zero-order chi connectivity index (χ0) is 20.1. The van der Waals surface area contributed by atoms with Crippen molar-refractivity contribution in [1.29, 1.82) is 0 Å². The first-order valence-corrected chi connectivity index (χ1v) is 12.4. The lowest BCUT2D eigenvalue weighted by Gasteiger charge is -2.32. The molecule has 0 aromatic heterocycles. The number of methoxy groups -OCH3 is 2. The second-order valence-corrected chi connectivity index (χ2v) is 11.1. The van der Waals surface area contributed by atoms with Gasteiger partial charge in [-0.25, -0.2) is 0 Å². The fourth-order valence-corrected chi connectivity index (χ4v) is 6.99. The zero-order valence-electron chi connectivity index (χ0n) is 16.6. The third-order valence-electron chi connectivity index (χ3n) is 5.04. The minimum atomic E-state index is -2.47. The van der Waals surface area contributed by atoms with Crippen LogP contribution in [0.5, 0.6) is 11.5 Å². The minimum Gasteiger partial charge on any atom is -0.497 e. The van der Waals surface area contributed by atoms with Gasteiger partial charge in [0.1, 0.15) is 11.5 Å². The van der Waals surface area contributed by atoms with Crippen molar-refractivity contribution in [3.8, 4) is 11.5 Å². The molecule has 0 aliphatic carbocycles. The summed E-state index contributed by atoms with van der Waals surface area (Å²) >= 11 is 3.66. The van der Waals surface area contributed by atoms with E-state index in [-0.39, 0.29) is 6.10 Å². The van der Waals surface area contributed by atoms with Crippen LogP contribution in [-0.4, -0.2) is 22.5 Å². The van der Waals surface area contributed by atoms with Crippen molar-refractivity contribution in [2.45, 2.75) is 19.6 Å². The van der Waals surface area contributed by atoms with Gasteiger partial charge < -0.3 is 13.9 Å². The number of benzene rings is 3. The van der Waals surface area contributed by atoms with Crippen LogP contribution in [-0.2, 0) is 4.43 Å². The normalized spacial score (nSPS) is 12.5. The topological polar surface area (TPSA) is 27.7 Å². The summed E-state index contributed by atoms with van der Waals surface area (Å²) in [5.41, 5.74) is 1.14. The molecule has 5 heteroatoms. The van der Waals surface area contributed by atoms with Crippen molar-refractivity contribution in [3.05, 3.63) is 82.8 Å². The van der Waals surface area contributed by atoms with E-state index in [0.29, 0.717) is 0 Å². The second kappa shape index (κ2) is 8.95. The third-order valence-corrected chi connectivity index (χ3v) is 9.45. The first-order chi connectivity index (χ1) is 13.5. The molecule has 0 bridgehead atoms. The molecule has 0 saturated heterocycles. The lowest BCUT2D eigenvalue weighted by Crippen LogP contribution is -2.58. The second-order valence-electron chi connectivity index (χ2n) is 6.77. The highest BCUT2D eigenvalue weighted by molar-refractivity contribution is 9.10. The number of ether oxygens (including phenoxy) is 2. The molecule has 0 radical (unpaired) electrons. The van der Waals surface area contributed by atoms with Crippen molar-refractivity contribution in [1.82, 2.24) is 0 Å². The van der Waals surface area contributed by atoms with E-state index in [4.69, 9.17) is 13.9 Å². The van der Waals surface area contributed by atoms with Crippen LogP contribution in [0.3, 0.4) is 0 Å². The molecule has 0 fully saturated rings. The summed E-state index contributed by atoms with van der Waals surface area (Å²) in [6, 6.07) is 24.7. The Hall–Kier alpha value is -2.08. The van der Waals surface area contributed by atoms with Gasteiger partial charge in [-0.3, -0.25) is 0 Å². The Morgan fingerprint density at radius 1 is 0.750 bits per heavy atom. The van der Waals surface area contributed by atoms with E-state index in [2.05, 4.69) is 65.8 Å². The number of halogens is 1. The monoisotopic (exact) mass is 456 g/mol. The summed E-state index contributed by atoms with van der Waals surface area (Å²) < 4.78 is 18.6. The molecule has 0 aliphatic heterocycles. The molecule has 3 aromatic rings. The maximum atomic E-state index is 6.85. The fourth-order valence-electron chi connectivity index (χ4n) is 3.34. The van der Waals surface area contributed by atoms with E-state index in [0.717, 1.165) is 21.5 Å². The standard InChI is InChI=1S/C23H25BrO3Si/c1-17(22-7-5-6-8-23(22)24)27-28(4,20-13-9-18(25-2)10-14-20)21-15-11-19(26-3)12-16-21/h5-17H,1-4H3. The molecule has 3 aromatic carbocycles. The van der Waals surface area contributed by atoms with Crippen LogP contribution in [0.15, 0.2) is 77.3 Å². The predicted octanol–water partition coefficient (Wildman–Crippen LogP) is 4.93. The number of hydrogen-bond donors (Lipinski definition) is 0. The number of hydrogen-bond acceptors (Lipinski definition) is 3. The van der Waals surface area contributed by atoms with Crippen molar-refractivity contribution < 1.29 is 13.9 Å². The minimum absolute atomic E-state index is 0.0588. The third kappa shape index (κ3) is 4.32. The van der Waals surface area contributed by atoms with Crippen LogP contribution in [0.25, 0.3) is 0 Å². The van der Waals surface area contributed by atoms with Crippen molar-refractivity contribution >= 4 is 34.6 Å². The lowest BCUT2D eigenvalue weighted by molar-refractivity contribution is 0.225. The summed E-state index contributed by atoms with van der Waals surface area (Å²) in [7, 11) is 0.889. The zero-order valence-corrected chi connectivity index (χ0v) is 19.2. The highest BCUT2D eigenvalue weighted by Gasteiger charge is 2.36. The van der Waals surface area contributed by atoms with Gasteiger partial charge >= 0.3 is 0 Å². The van der Waals surface area contributed by atoms with Gasteiger partial charge in [-0.1, -0.05) is 58.4 Å². The average Bonchev–Trinajstić information content (AvgIpc) is 2.74. The summed E-state index contributed by atoms with van der Waals surface area (Å²) in [6.07, 6.45) is -0.0588. The molecule has 0 N–H and O–H groups in total. The van der Waals surface area contributed by atoms with Gasteiger partial charge in [0, 0.05) is 4.47 Å². The van der Waals surface area contributed by atoms with Crippen molar-refractivity contribution in [2.75, 3.05) is 14.2 Å². The first-order valence-electron chi connectivity index (χ1n) is 9.19. The Labute approximate surface area is 176 Å². The SMILES string of the molecule is COc1ccc([Si](C)(OC(C)c2ccccc2Br)c2ccc(OC)cc2)cc1. The van der Waals surface area contributed by atoms with E-state index < -0.39 is 8.32 Å². The van der Waals surface area contributed by atoms with Gasteiger partial charge in [0.05, 0.1) is 20.3 Å². The largest absolute Gasteiger partial charge is 0.497 e. The highest BCUT2D eigenvalue weighted by Crippen LogP contribution is 2.28. The van der Waals surface area contributed by atoms with E-state index in [9.17, 15) is 0 Å². The van der Waals surface area contributed by atoms with E-state index in [1.807, 2.05) is 36.4 Å². The van der Waals surface area contributed by atoms with Crippen LogP contribution in [0.2, 0.25) is 6.55 Å². The number of rotatable bonds is 7. The molecule has 0 amide bonds. The molecular weight excluding hydrogens is 432 g/mol. The Morgan fingerprint density at radius 3 is 1.64 bits per heavy atom. The maximum absolute atomic E-state index is 6.85. The smallest absolute Gasteiger partial charge is 0.253 e. The first kappa shape index (κ1) is 20.6. The van der Waals surface area contributed by atoms with E-state index in [1.54, 1.807) is 14.2 Å². The molecule has 0 heterocycles. The molecule has 3 nitrogen and oxygen atoms in total. The van der Waals surface area contributed by atoms with Crippen LogP contribution in [0.4, 0.5) is 0 Å². The summed E-state index contributed by atoms with van der Waals surface area (Å²) in [5.74, 6) is 1.68. The Balaban J connectivity index is 2.03. The van der Waals surface area contributed by atoms with Crippen LogP contribution < -0.4 is 19.8 Å². The van der Waals surface area contributed by atoms with Gasteiger partial charge in [-0.05, 0) is 59.7 Å². The van der Waals surface area contributed by atoms with Crippen molar-refractivity contribution in [2.24, 2.45) is 0 Å². The fraction of sp³-hybridized carbons (Fsp3) is 0.217. The molecule has 0 spiro atoms. The van der Waals surface area contributed by atoms with Gasteiger partial charge in [0.15, 0.2) is 0 Å². The summed E-state index contributed by atoms with van der Waals surface area (Å²) in [6.45, 7) is 4.35. The van der Waals surface area contributed by atoms with Gasteiger partial charge in [-0.2, -0.15) is 0 Å². The lowest BCUT2D eigenvalue weighted by atomic mass is 10.1. The molecule has 0 saturated carbocycles. The summed E-state index contributed by atoms with van der Waals surface area (Å²) in [5, 5.41) is 2.38.